The van der Waals surface area contributed by atoms with Gasteiger partial charge in [-0.25, -0.2) is 4.79 Å². The zero-order chi connectivity index (χ0) is 25.3. The van der Waals surface area contributed by atoms with Crippen LogP contribution < -0.4 is 4.74 Å². The second kappa shape index (κ2) is 12.5. The number of carbonyl (C=O) groups is 1. The molecule has 0 saturated heterocycles. The minimum atomic E-state index is -0.793. The van der Waals surface area contributed by atoms with Gasteiger partial charge in [-0.15, -0.1) is 0 Å². The molecule has 2 aromatic rings. The van der Waals surface area contributed by atoms with Crippen molar-refractivity contribution in [3.63, 3.8) is 0 Å². The molecule has 0 saturated carbocycles. The van der Waals surface area contributed by atoms with Crippen molar-refractivity contribution in [2.75, 3.05) is 13.4 Å². The van der Waals surface area contributed by atoms with Crippen molar-refractivity contribution in [2.45, 2.75) is 79.1 Å². The Labute approximate surface area is 204 Å². The van der Waals surface area contributed by atoms with Gasteiger partial charge in [0.25, 0.3) is 0 Å². The second-order valence-corrected chi connectivity index (χ2v) is 9.48. The van der Waals surface area contributed by atoms with Gasteiger partial charge in [-0.05, 0) is 61.4 Å². The van der Waals surface area contributed by atoms with Crippen LogP contribution in [0.25, 0.3) is 16.7 Å². The van der Waals surface area contributed by atoms with Crippen molar-refractivity contribution in [3.05, 3.63) is 53.6 Å². The van der Waals surface area contributed by atoms with E-state index in [1.807, 2.05) is 44.2 Å². The summed E-state index contributed by atoms with van der Waals surface area (Å²) in [5.74, 6) is 0.576. The standard InChI is InChI=1S/C29H40O5/c1-8-10-11-12-15-29(6,7)22-17-25(30)27(24-16-21(5)13-14-23(24)20(3)4)26(18-22)33-19-34-28(31)32-9-2/h13-14,16-18,30H,3,8-12,15,19H2,1-2,4-7H3. The topological polar surface area (TPSA) is 65.0 Å². The first-order valence-electron chi connectivity index (χ1n) is 12.2. The summed E-state index contributed by atoms with van der Waals surface area (Å²) in [7, 11) is 0. The zero-order valence-electron chi connectivity index (χ0n) is 21.6. The van der Waals surface area contributed by atoms with Crippen molar-refractivity contribution in [1.29, 1.82) is 0 Å². The molecule has 0 amide bonds. The molecule has 0 bridgehead atoms. The maximum Gasteiger partial charge on any atom is 0.511 e. The van der Waals surface area contributed by atoms with Crippen LogP contribution in [0.5, 0.6) is 11.5 Å². The van der Waals surface area contributed by atoms with Gasteiger partial charge in [-0.3, -0.25) is 0 Å². The summed E-state index contributed by atoms with van der Waals surface area (Å²) in [4.78, 5) is 11.7. The predicted octanol–water partition coefficient (Wildman–Crippen LogP) is 8.16. The average Bonchev–Trinajstić information content (AvgIpc) is 2.76. The van der Waals surface area contributed by atoms with E-state index in [-0.39, 0.29) is 24.6 Å². The second-order valence-electron chi connectivity index (χ2n) is 9.48. The molecule has 0 spiro atoms. The molecule has 0 heterocycles. The van der Waals surface area contributed by atoms with Gasteiger partial charge in [-0.2, -0.15) is 0 Å². The summed E-state index contributed by atoms with van der Waals surface area (Å²) in [6.07, 6.45) is 4.91. The summed E-state index contributed by atoms with van der Waals surface area (Å²) < 4.78 is 15.8. The molecule has 0 radical (unpaired) electrons. The number of hydrogen-bond donors (Lipinski definition) is 1. The maximum absolute atomic E-state index is 11.7. The largest absolute Gasteiger partial charge is 0.511 e. The van der Waals surface area contributed by atoms with Crippen LogP contribution in [0.1, 0.15) is 83.4 Å². The lowest BCUT2D eigenvalue weighted by Crippen LogP contribution is -2.18. The fourth-order valence-electron chi connectivity index (χ4n) is 4.05. The van der Waals surface area contributed by atoms with Crippen molar-refractivity contribution < 1.29 is 24.1 Å². The Morgan fingerprint density at radius 2 is 1.79 bits per heavy atom. The first kappa shape index (κ1) is 27.3. The molecular weight excluding hydrogens is 428 g/mol. The van der Waals surface area contributed by atoms with E-state index in [1.54, 1.807) is 6.92 Å². The van der Waals surface area contributed by atoms with Crippen LogP contribution in [0.2, 0.25) is 0 Å². The third-order valence-corrected chi connectivity index (χ3v) is 6.08. The normalized spacial score (nSPS) is 11.2. The Kier molecular flexibility index (Phi) is 10.0. The quantitative estimate of drug-likeness (QED) is 0.193. The van der Waals surface area contributed by atoms with E-state index in [4.69, 9.17) is 14.2 Å². The summed E-state index contributed by atoms with van der Waals surface area (Å²) in [5.41, 5.74) is 5.04. The molecule has 5 nitrogen and oxygen atoms in total. The lowest BCUT2D eigenvalue weighted by molar-refractivity contribution is 0.00698. The van der Waals surface area contributed by atoms with E-state index < -0.39 is 6.16 Å². The molecule has 1 N–H and O–H groups in total. The minimum Gasteiger partial charge on any atom is -0.507 e. The number of aromatic hydroxyl groups is 1. The summed E-state index contributed by atoms with van der Waals surface area (Å²) >= 11 is 0. The first-order chi connectivity index (χ1) is 16.1. The molecule has 0 aromatic heterocycles. The van der Waals surface area contributed by atoms with Gasteiger partial charge < -0.3 is 19.3 Å². The van der Waals surface area contributed by atoms with Gasteiger partial charge in [0, 0.05) is 0 Å². The van der Waals surface area contributed by atoms with Crippen LogP contribution in [0.4, 0.5) is 4.79 Å². The van der Waals surface area contributed by atoms with Crippen LogP contribution in [-0.4, -0.2) is 24.7 Å². The van der Waals surface area contributed by atoms with E-state index in [0.717, 1.165) is 40.7 Å². The molecular formula is C29H40O5. The van der Waals surface area contributed by atoms with Crippen LogP contribution >= 0.6 is 0 Å². The third kappa shape index (κ3) is 7.28. The molecule has 0 unspecified atom stereocenters. The Morgan fingerprint density at radius 3 is 2.44 bits per heavy atom. The molecule has 0 fully saturated rings. The first-order valence-corrected chi connectivity index (χ1v) is 12.2. The molecule has 0 atom stereocenters. The number of allylic oxidation sites excluding steroid dienone is 1. The predicted molar refractivity (Wildman–Crippen MR) is 138 cm³/mol. The number of rotatable bonds is 12. The van der Waals surface area contributed by atoms with E-state index >= 15 is 0 Å². The van der Waals surface area contributed by atoms with Gasteiger partial charge in [0.1, 0.15) is 11.5 Å². The average molecular weight is 469 g/mol. The lowest BCUT2D eigenvalue weighted by atomic mass is 9.78. The van der Waals surface area contributed by atoms with Crippen LogP contribution in [0.3, 0.4) is 0 Å². The minimum absolute atomic E-state index is 0.123. The van der Waals surface area contributed by atoms with E-state index in [9.17, 15) is 9.90 Å². The Bertz CT molecular complexity index is 990. The number of phenolic OH excluding ortho intramolecular Hbond substituents is 1. The number of carbonyl (C=O) groups excluding carboxylic acids is 1. The molecule has 34 heavy (non-hydrogen) atoms. The number of hydrogen-bond acceptors (Lipinski definition) is 5. The molecule has 0 aliphatic rings. The lowest BCUT2D eigenvalue weighted by Gasteiger charge is -2.27. The van der Waals surface area contributed by atoms with Gasteiger partial charge >= 0.3 is 6.16 Å². The molecule has 186 valence electrons. The van der Waals surface area contributed by atoms with E-state index in [0.29, 0.717) is 11.3 Å². The van der Waals surface area contributed by atoms with E-state index in [2.05, 4.69) is 27.4 Å². The number of phenols is 1. The smallest absolute Gasteiger partial charge is 0.507 e. The Balaban J connectivity index is 2.52. The molecule has 5 heteroatoms. The summed E-state index contributed by atoms with van der Waals surface area (Å²) in [5, 5.41) is 11.2. The SMILES string of the molecule is C=C(C)c1ccc(C)cc1-c1c(O)cc(C(C)(C)CCCCCC)cc1OCOC(=O)OCC. The van der Waals surface area contributed by atoms with Crippen LogP contribution in [0, 0.1) is 6.92 Å². The van der Waals surface area contributed by atoms with Crippen molar-refractivity contribution >= 4 is 11.7 Å². The Morgan fingerprint density at radius 1 is 1.06 bits per heavy atom. The zero-order valence-corrected chi connectivity index (χ0v) is 21.6. The fourth-order valence-corrected chi connectivity index (χ4v) is 4.05. The number of benzene rings is 2. The van der Waals surface area contributed by atoms with Crippen molar-refractivity contribution in [3.8, 4) is 22.6 Å². The highest BCUT2D eigenvalue weighted by molar-refractivity contribution is 5.86. The van der Waals surface area contributed by atoms with Gasteiger partial charge in [0.15, 0.2) is 0 Å². The van der Waals surface area contributed by atoms with Crippen LogP contribution in [-0.2, 0) is 14.9 Å². The highest BCUT2D eigenvalue weighted by Gasteiger charge is 2.25. The summed E-state index contributed by atoms with van der Waals surface area (Å²) in [6.45, 7) is 16.2. The van der Waals surface area contributed by atoms with Gasteiger partial charge in [0.2, 0.25) is 6.79 Å². The van der Waals surface area contributed by atoms with Gasteiger partial charge in [0.05, 0.1) is 12.2 Å². The highest BCUT2D eigenvalue weighted by Crippen LogP contribution is 2.45. The van der Waals surface area contributed by atoms with E-state index in [1.165, 1.54) is 19.3 Å². The number of unbranched alkanes of at least 4 members (excludes halogenated alkanes) is 3. The van der Waals surface area contributed by atoms with Crippen molar-refractivity contribution in [1.82, 2.24) is 0 Å². The van der Waals surface area contributed by atoms with Crippen molar-refractivity contribution in [2.24, 2.45) is 0 Å². The van der Waals surface area contributed by atoms with Crippen LogP contribution in [0.15, 0.2) is 36.9 Å². The monoisotopic (exact) mass is 468 g/mol. The number of ether oxygens (including phenoxy) is 3. The number of aryl methyl sites for hydroxylation is 1. The Hall–Kier alpha value is -2.95. The molecule has 2 rings (SSSR count). The van der Waals surface area contributed by atoms with Gasteiger partial charge in [-0.1, -0.05) is 82.4 Å². The molecule has 0 aliphatic carbocycles. The fraction of sp³-hybridized carbons (Fsp3) is 0.483. The maximum atomic E-state index is 11.7. The summed E-state index contributed by atoms with van der Waals surface area (Å²) in [6, 6.07) is 9.81. The third-order valence-electron chi connectivity index (χ3n) is 6.08. The highest BCUT2D eigenvalue weighted by atomic mass is 16.8. The molecule has 2 aromatic carbocycles. The molecule has 0 aliphatic heterocycles.